The summed E-state index contributed by atoms with van der Waals surface area (Å²) < 4.78 is 194. The number of hydrogen-bond donors (Lipinski definition) is 3. The topological polar surface area (TPSA) is 261 Å². The van der Waals surface area contributed by atoms with Gasteiger partial charge in [0.2, 0.25) is 0 Å². The van der Waals surface area contributed by atoms with Gasteiger partial charge in [0.05, 0.1) is 49.9 Å². The maximum atomic E-state index is 15.5. The number of benzene rings is 4. The number of nitrogens with one attached hydrogen (secondary N) is 2. The Hall–Kier alpha value is -7.84. The summed E-state index contributed by atoms with van der Waals surface area (Å²) in [5.74, 6) is -1.82. The van der Waals surface area contributed by atoms with E-state index in [1.807, 2.05) is 0 Å². The molecule has 0 fully saturated rings. The van der Waals surface area contributed by atoms with Gasteiger partial charge < -0.3 is 28.6 Å². The minimum absolute atomic E-state index is 0. The zero-order valence-electron chi connectivity index (χ0n) is 47.5. The van der Waals surface area contributed by atoms with Crippen molar-refractivity contribution in [3.8, 4) is 51.2 Å². The van der Waals surface area contributed by atoms with E-state index in [0.717, 1.165) is 44.6 Å². The third-order valence-corrected chi connectivity index (χ3v) is 16.7. The second-order valence-electron chi connectivity index (χ2n) is 18.5. The molecule has 3 N–H and O–H groups in total. The second-order valence-corrected chi connectivity index (χ2v) is 22.7. The lowest BCUT2D eigenvalue weighted by atomic mass is 10.00. The fraction of sp³-hybridized carbons (Fsp3) is 0.222. The Kier molecular flexibility index (Phi) is 23.6. The van der Waals surface area contributed by atoms with Gasteiger partial charge in [0.15, 0.2) is 11.6 Å². The molecular formula is C54H53BBrF8N10O12P2S2. The summed E-state index contributed by atoms with van der Waals surface area (Å²) in [6, 6.07) is 22.8. The summed E-state index contributed by atoms with van der Waals surface area (Å²) in [4.78, 5) is 25.7. The van der Waals surface area contributed by atoms with Gasteiger partial charge in [0.25, 0.3) is 11.1 Å². The molecular weight excluding hydrogens is 1350 g/mol. The quantitative estimate of drug-likeness (QED) is 0.0496. The van der Waals surface area contributed by atoms with Crippen LogP contribution in [0, 0.1) is 11.6 Å². The molecule has 0 aliphatic carbocycles. The third kappa shape index (κ3) is 16.4. The molecule has 36 heteroatoms. The summed E-state index contributed by atoms with van der Waals surface area (Å²) in [6.07, 6.45) is -6.10. The first-order chi connectivity index (χ1) is 41.7. The lowest BCUT2D eigenvalue weighted by molar-refractivity contribution is -0.139. The predicted molar refractivity (Wildman–Crippen MR) is 328 cm³/mol. The first kappa shape index (κ1) is 71.2. The second kappa shape index (κ2) is 29.9. The molecule has 1 radical (unpaired) electrons. The van der Waals surface area contributed by atoms with Crippen LogP contribution in [0.25, 0.3) is 22.5 Å². The van der Waals surface area contributed by atoms with Crippen molar-refractivity contribution in [3.05, 3.63) is 192 Å². The molecule has 10 rings (SSSR count). The van der Waals surface area contributed by atoms with E-state index in [2.05, 4.69) is 55.2 Å². The van der Waals surface area contributed by atoms with E-state index < -0.39 is 66.8 Å². The van der Waals surface area contributed by atoms with Gasteiger partial charge in [-0.3, -0.25) is 28.2 Å². The zero-order chi connectivity index (χ0) is 63.9. The van der Waals surface area contributed by atoms with Crippen LogP contribution < -0.4 is 44.2 Å². The van der Waals surface area contributed by atoms with Crippen LogP contribution in [0.4, 0.5) is 46.8 Å². The molecule has 22 nitrogen and oxygen atoms in total. The molecule has 4 aromatic heterocycles. The van der Waals surface area contributed by atoms with Gasteiger partial charge in [-0.1, -0.05) is 18.2 Å². The summed E-state index contributed by atoms with van der Waals surface area (Å²) in [6.45, 7) is 0.0427. The molecule has 2 aliphatic heterocycles. The number of anilines is 2. The SMILES string of the molecule is COc1cc(-c2ccc(OC)c(C(F)(F)F)c2)c(F)cc1-n1c2c(ccc1=O)CN(S(=O)(=O)Nc1cccnn1)CC2.COc1cc(Br)c(F)cc1-n1c2c(ccc1=O)CN(S(=O)(=O)Nc1cccnn1)CC2.COc1ccc(O[B]O)cc1C(F)(F)F.P.P. The largest absolute Gasteiger partial charge is 0.569 e. The van der Waals surface area contributed by atoms with Crippen molar-refractivity contribution >= 4 is 75.5 Å². The fourth-order valence-corrected chi connectivity index (χ4v) is 11.8. The lowest BCUT2D eigenvalue weighted by Crippen LogP contribution is -2.41. The van der Waals surface area contributed by atoms with Crippen molar-refractivity contribution in [2.45, 2.75) is 38.3 Å². The molecule has 479 valence electrons. The van der Waals surface area contributed by atoms with Crippen LogP contribution in [-0.4, -0.2) is 109 Å². The highest BCUT2D eigenvalue weighted by atomic mass is 79.9. The van der Waals surface area contributed by atoms with E-state index in [9.17, 15) is 57.2 Å². The molecule has 6 heterocycles. The molecule has 0 saturated heterocycles. The van der Waals surface area contributed by atoms with Crippen molar-refractivity contribution in [3.63, 3.8) is 0 Å². The molecule has 2 atom stereocenters. The monoisotopic (exact) mass is 1400 g/mol. The zero-order valence-corrected chi connectivity index (χ0v) is 53.6. The van der Waals surface area contributed by atoms with Gasteiger partial charge in [0, 0.05) is 92.6 Å². The van der Waals surface area contributed by atoms with Crippen molar-refractivity contribution < 1.29 is 80.6 Å². The number of rotatable bonds is 15. The molecule has 4 aromatic carbocycles. The smallest absolute Gasteiger partial charge is 0.537 e. The van der Waals surface area contributed by atoms with Crippen LogP contribution in [0.15, 0.2) is 136 Å². The highest BCUT2D eigenvalue weighted by Crippen LogP contribution is 2.42. The Bertz CT molecular complexity index is 4230. The predicted octanol–water partition coefficient (Wildman–Crippen LogP) is 8.17. The van der Waals surface area contributed by atoms with Gasteiger partial charge in [0.1, 0.15) is 45.9 Å². The number of fused-ring (bicyclic) bond motifs is 2. The minimum Gasteiger partial charge on any atom is -0.537 e. The number of ether oxygens (including phenoxy) is 4. The van der Waals surface area contributed by atoms with Crippen LogP contribution in [0.2, 0.25) is 0 Å². The fourth-order valence-electron chi connectivity index (χ4n) is 9.21. The Morgan fingerprint density at radius 1 is 0.578 bits per heavy atom. The Morgan fingerprint density at radius 3 is 1.46 bits per heavy atom. The number of methoxy groups -OCH3 is 4. The number of hydrogen-bond acceptors (Lipinski definition) is 16. The van der Waals surface area contributed by atoms with Crippen molar-refractivity contribution in [1.29, 1.82) is 0 Å². The van der Waals surface area contributed by atoms with E-state index in [4.69, 9.17) is 19.2 Å². The number of pyridine rings is 2. The summed E-state index contributed by atoms with van der Waals surface area (Å²) in [5, 5.41) is 23.0. The molecule has 2 unspecified atom stereocenters. The maximum absolute atomic E-state index is 15.5. The number of aromatic nitrogens is 6. The number of alkyl halides is 6. The Labute approximate surface area is 524 Å². The average Bonchev–Trinajstić information content (AvgIpc) is 0.819. The molecule has 0 bridgehead atoms. The van der Waals surface area contributed by atoms with Crippen LogP contribution in [-0.2, 0) is 58.7 Å². The Morgan fingerprint density at radius 2 is 1.02 bits per heavy atom. The van der Waals surface area contributed by atoms with E-state index in [1.165, 1.54) is 111 Å². The van der Waals surface area contributed by atoms with Crippen LogP contribution >= 0.6 is 35.7 Å². The standard InChI is InChI=1S/C27H23F4N5O5S.C19H17BrFN5O4S.C8H7BF3O3.2H3P/c1-40-23-7-5-16(12-19(23)27(29,30)31)18-13-24(41-2)22(14-20(18)28)36-21-9-11-35(15-17(21)6-8-26(36)37)42(38,39)34-25-4-3-10-32-33-25;1-30-17-9-13(20)14(21)10-16(17)26-15-6-8-25(11-12(15)4-5-19(26)27)31(28,29)24-18-3-2-7-22-23-18;1-14-7-3-2-5(15-9-13)4-6(7)8(10,11)12;;/h3-8,10,12-14H,9,11,15H2,1-2H3,(H,33,34);2-5,7,9-10H,6,8,11H2,1H3,(H,23,24);2-4,13H,1H3;2*1H3. The van der Waals surface area contributed by atoms with Gasteiger partial charge in [-0.05, 0) is 99.4 Å². The van der Waals surface area contributed by atoms with Crippen LogP contribution in [0.1, 0.15) is 33.6 Å². The normalized spacial score (nSPS) is 13.2. The number of nitrogens with zero attached hydrogens (tertiary/aromatic N) is 8. The van der Waals surface area contributed by atoms with Crippen LogP contribution in [0.3, 0.4) is 0 Å². The van der Waals surface area contributed by atoms with Gasteiger partial charge >= 0.3 is 40.5 Å². The summed E-state index contributed by atoms with van der Waals surface area (Å²) in [5.41, 5.74) is -0.791. The molecule has 8 aromatic rings. The number of halogens is 9. The van der Waals surface area contributed by atoms with Crippen molar-refractivity contribution in [2.75, 3.05) is 51.0 Å². The highest BCUT2D eigenvalue weighted by molar-refractivity contribution is 9.10. The van der Waals surface area contributed by atoms with Crippen molar-refractivity contribution in [1.82, 2.24) is 38.1 Å². The van der Waals surface area contributed by atoms with E-state index in [0.29, 0.717) is 35.9 Å². The summed E-state index contributed by atoms with van der Waals surface area (Å²) >= 11 is 3.11. The Balaban J connectivity index is 0.000000235. The highest BCUT2D eigenvalue weighted by Gasteiger charge is 2.37. The molecule has 0 saturated carbocycles. The van der Waals surface area contributed by atoms with Gasteiger partial charge in [-0.2, -0.15) is 81.8 Å². The summed E-state index contributed by atoms with van der Waals surface area (Å²) in [7, 11) is -2.65. The molecule has 0 spiro atoms. The lowest BCUT2D eigenvalue weighted by Gasteiger charge is -2.30. The van der Waals surface area contributed by atoms with E-state index >= 15 is 4.39 Å². The van der Waals surface area contributed by atoms with Gasteiger partial charge in [-0.15, -0.1) is 10.2 Å². The van der Waals surface area contributed by atoms with Gasteiger partial charge in [-0.25, -0.2) is 8.78 Å². The first-order valence-corrected chi connectivity index (χ1v) is 29.0. The molecule has 2 aliphatic rings. The third-order valence-electron chi connectivity index (χ3n) is 13.2. The van der Waals surface area contributed by atoms with E-state index in [-0.39, 0.29) is 120 Å². The molecule has 0 amide bonds. The average molecular weight is 1400 g/mol. The molecule has 90 heavy (non-hydrogen) atoms. The van der Waals surface area contributed by atoms with Crippen LogP contribution in [0.5, 0.6) is 28.7 Å². The van der Waals surface area contributed by atoms with E-state index in [1.54, 1.807) is 12.1 Å². The first-order valence-electron chi connectivity index (χ1n) is 25.3. The minimum atomic E-state index is -4.75. The maximum Gasteiger partial charge on any atom is 0.569 e. The van der Waals surface area contributed by atoms with Crippen molar-refractivity contribution in [2.24, 2.45) is 0 Å².